The van der Waals surface area contributed by atoms with Crippen LogP contribution in [0.25, 0.3) is 11.3 Å². The van der Waals surface area contributed by atoms with Crippen molar-refractivity contribution < 1.29 is 9.59 Å². The van der Waals surface area contributed by atoms with Gasteiger partial charge in [-0.25, -0.2) is 4.98 Å². The van der Waals surface area contributed by atoms with Gasteiger partial charge in [-0.05, 0) is 29.7 Å². The maximum atomic E-state index is 12.2. The average molecular weight is 377 g/mol. The van der Waals surface area contributed by atoms with Crippen molar-refractivity contribution in [1.29, 1.82) is 0 Å². The monoisotopic (exact) mass is 377 g/mol. The molecule has 0 spiro atoms. The van der Waals surface area contributed by atoms with Gasteiger partial charge in [0.25, 0.3) is 0 Å². The van der Waals surface area contributed by atoms with Gasteiger partial charge in [-0.2, -0.15) is 0 Å². The number of aromatic nitrogens is 1. The van der Waals surface area contributed by atoms with Crippen molar-refractivity contribution in [3.63, 3.8) is 0 Å². The minimum atomic E-state index is -0.0343. The number of amides is 2. The van der Waals surface area contributed by atoms with Gasteiger partial charge in [0.05, 0.1) is 12.1 Å². The summed E-state index contributed by atoms with van der Waals surface area (Å²) in [5, 5.41) is 8.59. The van der Waals surface area contributed by atoms with Crippen LogP contribution in [0.4, 0.5) is 5.69 Å². The lowest BCUT2D eigenvalue weighted by Gasteiger charge is -2.17. The van der Waals surface area contributed by atoms with Crippen LogP contribution in [-0.2, 0) is 29.0 Å². The topological polar surface area (TPSA) is 71.1 Å². The lowest BCUT2D eigenvalue weighted by molar-refractivity contribution is -0.120. The quantitative estimate of drug-likeness (QED) is 0.714. The summed E-state index contributed by atoms with van der Waals surface area (Å²) in [5.74, 6) is 0.0283. The molecule has 4 rings (SSSR count). The van der Waals surface area contributed by atoms with E-state index in [-0.39, 0.29) is 18.2 Å². The van der Waals surface area contributed by atoms with E-state index < -0.39 is 0 Å². The summed E-state index contributed by atoms with van der Waals surface area (Å²) in [6.07, 6.45) is 1.53. The van der Waals surface area contributed by atoms with Crippen molar-refractivity contribution in [1.82, 2.24) is 10.3 Å². The smallest absolute Gasteiger partial charge is 0.227 e. The number of thiazole rings is 1. The summed E-state index contributed by atoms with van der Waals surface area (Å²) in [6, 6.07) is 15.8. The predicted octanol–water partition coefficient (Wildman–Crippen LogP) is 3.55. The summed E-state index contributed by atoms with van der Waals surface area (Å²) in [5.41, 5.74) is 4.96. The Labute approximate surface area is 161 Å². The third kappa shape index (κ3) is 4.23. The van der Waals surface area contributed by atoms with Gasteiger partial charge in [0.1, 0.15) is 5.01 Å². The van der Waals surface area contributed by atoms with Gasteiger partial charge in [-0.15, -0.1) is 11.3 Å². The van der Waals surface area contributed by atoms with Gasteiger partial charge in [0.2, 0.25) is 11.8 Å². The minimum Gasteiger partial charge on any atom is -0.352 e. The zero-order valence-corrected chi connectivity index (χ0v) is 15.5. The first-order valence-electron chi connectivity index (χ1n) is 8.85. The summed E-state index contributed by atoms with van der Waals surface area (Å²) in [4.78, 5) is 28.2. The normalized spacial score (nSPS) is 13.0. The molecule has 1 aromatic heterocycles. The molecule has 1 aliphatic rings. The highest BCUT2D eigenvalue weighted by Crippen LogP contribution is 2.29. The first kappa shape index (κ1) is 17.4. The molecule has 3 aromatic rings. The highest BCUT2D eigenvalue weighted by molar-refractivity contribution is 7.10. The molecule has 136 valence electrons. The number of hydrogen-bond acceptors (Lipinski definition) is 4. The fourth-order valence-electron chi connectivity index (χ4n) is 3.06. The minimum absolute atomic E-state index is 0.0343. The fourth-order valence-corrected chi connectivity index (χ4v) is 3.87. The van der Waals surface area contributed by atoms with Crippen molar-refractivity contribution in [3.8, 4) is 11.3 Å². The van der Waals surface area contributed by atoms with Gasteiger partial charge >= 0.3 is 0 Å². The maximum absolute atomic E-state index is 12.2. The van der Waals surface area contributed by atoms with Crippen molar-refractivity contribution in [2.75, 3.05) is 5.32 Å². The first-order chi connectivity index (χ1) is 13.2. The van der Waals surface area contributed by atoms with Crippen molar-refractivity contribution in [2.24, 2.45) is 0 Å². The highest BCUT2D eigenvalue weighted by atomic mass is 32.1. The standard InChI is InChI=1S/C21H19N3O2S/c25-19-9-7-15-10-16(6-8-17(15)23-19)18-13-27-21(24-18)11-20(26)22-12-14-4-2-1-3-5-14/h1-6,8,10,13H,7,9,11-12H2,(H,22,26)(H,23,25). The molecular formula is C21H19N3O2S. The Morgan fingerprint density at radius 2 is 2.00 bits per heavy atom. The molecule has 0 saturated carbocycles. The zero-order chi connectivity index (χ0) is 18.6. The number of carbonyl (C=O) groups excluding carboxylic acids is 2. The van der Waals surface area contributed by atoms with E-state index in [2.05, 4.69) is 21.7 Å². The van der Waals surface area contributed by atoms with Crippen LogP contribution in [0.1, 0.15) is 22.6 Å². The number of nitrogens with zero attached hydrogens (tertiary/aromatic N) is 1. The fraction of sp³-hybridized carbons (Fsp3) is 0.190. The molecule has 1 aliphatic heterocycles. The van der Waals surface area contributed by atoms with Crippen LogP contribution >= 0.6 is 11.3 Å². The number of aryl methyl sites for hydroxylation is 1. The third-order valence-corrected chi connectivity index (χ3v) is 5.34. The van der Waals surface area contributed by atoms with E-state index in [9.17, 15) is 9.59 Å². The van der Waals surface area contributed by atoms with Crippen LogP contribution in [-0.4, -0.2) is 16.8 Å². The number of fused-ring (bicyclic) bond motifs is 1. The van der Waals surface area contributed by atoms with E-state index >= 15 is 0 Å². The van der Waals surface area contributed by atoms with Crippen LogP contribution in [0.15, 0.2) is 53.9 Å². The molecule has 0 radical (unpaired) electrons. The van der Waals surface area contributed by atoms with E-state index in [0.29, 0.717) is 13.0 Å². The molecule has 2 amide bonds. The summed E-state index contributed by atoms with van der Waals surface area (Å²) in [6.45, 7) is 0.522. The van der Waals surface area contributed by atoms with E-state index in [1.807, 2.05) is 47.8 Å². The number of carbonyl (C=O) groups is 2. The molecule has 27 heavy (non-hydrogen) atoms. The maximum Gasteiger partial charge on any atom is 0.227 e. The van der Waals surface area contributed by atoms with E-state index in [0.717, 1.165) is 39.5 Å². The molecule has 0 unspecified atom stereocenters. The van der Waals surface area contributed by atoms with Gasteiger partial charge in [0, 0.05) is 29.6 Å². The molecule has 0 bridgehead atoms. The SMILES string of the molecule is O=C(Cc1nc(-c2ccc3c(c2)CCC(=O)N3)cs1)NCc1ccccc1. The number of rotatable bonds is 5. The Bertz CT molecular complexity index is 982. The Morgan fingerprint density at radius 3 is 2.85 bits per heavy atom. The second kappa shape index (κ2) is 7.72. The Balaban J connectivity index is 1.40. The molecule has 5 nitrogen and oxygen atoms in total. The summed E-state index contributed by atoms with van der Waals surface area (Å²) in [7, 11) is 0. The number of benzene rings is 2. The summed E-state index contributed by atoms with van der Waals surface area (Å²) >= 11 is 1.49. The van der Waals surface area contributed by atoms with Crippen LogP contribution in [0.2, 0.25) is 0 Å². The van der Waals surface area contributed by atoms with Crippen molar-refractivity contribution in [3.05, 3.63) is 70.0 Å². The molecule has 2 N–H and O–H groups in total. The Kier molecular flexibility index (Phi) is 4.98. The van der Waals surface area contributed by atoms with Gasteiger partial charge in [-0.1, -0.05) is 36.4 Å². The van der Waals surface area contributed by atoms with Crippen LogP contribution in [0.3, 0.4) is 0 Å². The second-order valence-electron chi connectivity index (χ2n) is 6.49. The Morgan fingerprint density at radius 1 is 1.15 bits per heavy atom. The second-order valence-corrected chi connectivity index (χ2v) is 7.43. The molecule has 2 aromatic carbocycles. The lowest BCUT2D eigenvalue weighted by atomic mass is 9.99. The molecule has 0 aliphatic carbocycles. The van der Waals surface area contributed by atoms with Crippen LogP contribution in [0.5, 0.6) is 0 Å². The van der Waals surface area contributed by atoms with Gasteiger partial charge < -0.3 is 10.6 Å². The lowest BCUT2D eigenvalue weighted by Crippen LogP contribution is -2.24. The van der Waals surface area contributed by atoms with Gasteiger partial charge in [-0.3, -0.25) is 9.59 Å². The molecule has 6 heteroatoms. The van der Waals surface area contributed by atoms with Crippen molar-refractivity contribution in [2.45, 2.75) is 25.8 Å². The van der Waals surface area contributed by atoms with Crippen LogP contribution < -0.4 is 10.6 Å². The molecule has 0 saturated heterocycles. The predicted molar refractivity (Wildman–Crippen MR) is 106 cm³/mol. The molecule has 2 heterocycles. The number of hydrogen-bond donors (Lipinski definition) is 2. The van der Waals surface area contributed by atoms with E-state index in [4.69, 9.17) is 0 Å². The first-order valence-corrected chi connectivity index (χ1v) is 9.73. The van der Waals surface area contributed by atoms with E-state index in [1.54, 1.807) is 0 Å². The van der Waals surface area contributed by atoms with Crippen molar-refractivity contribution >= 4 is 28.8 Å². The van der Waals surface area contributed by atoms with E-state index in [1.165, 1.54) is 11.3 Å². The Hall–Kier alpha value is -2.99. The number of anilines is 1. The zero-order valence-electron chi connectivity index (χ0n) is 14.7. The average Bonchev–Trinajstić information content (AvgIpc) is 3.15. The molecular weight excluding hydrogens is 358 g/mol. The largest absolute Gasteiger partial charge is 0.352 e. The molecule has 0 atom stereocenters. The highest BCUT2D eigenvalue weighted by Gasteiger charge is 2.16. The third-order valence-electron chi connectivity index (χ3n) is 4.49. The number of nitrogens with one attached hydrogen (secondary N) is 2. The summed E-state index contributed by atoms with van der Waals surface area (Å²) < 4.78 is 0. The van der Waals surface area contributed by atoms with Crippen LogP contribution in [0, 0.1) is 0 Å². The molecule has 0 fully saturated rings. The van der Waals surface area contributed by atoms with Gasteiger partial charge in [0.15, 0.2) is 0 Å².